The van der Waals surface area contributed by atoms with E-state index in [0.29, 0.717) is 16.7 Å². The van der Waals surface area contributed by atoms with E-state index in [4.69, 9.17) is 12.2 Å². The lowest BCUT2D eigenvalue weighted by Gasteiger charge is -2.14. The Morgan fingerprint density at radius 2 is 1.83 bits per heavy atom. The van der Waals surface area contributed by atoms with Crippen LogP contribution in [0.2, 0.25) is 0 Å². The molecule has 23 heavy (non-hydrogen) atoms. The van der Waals surface area contributed by atoms with E-state index >= 15 is 0 Å². The molecule has 0 aliphatic carbocycles. The highest BCUT2D eigenvalue weighted by Crippen LogP contribution is 2.31. The maximum absolute atomic E-state index is 13.3. The van der Waals surface area contributed by atoms with Crippen molar-refractivity contribution in [3.8, 4) is 5.69 Å². The van der Waals surface area contributed by atoms with E-state index in [0.717, 1.165) is 12.1 Å². The van der Waals surface area contributed by atoms with Crippen molar-refractivity contribution in [2.75, 3.05) is 0 Å². The first-order chi connectivity index (χ1) is 10.8. The van der Waals surface area contributed by atoms with Gasteiger partial charge in [-0.3, -0.25) is 4.57 Å². The minimum absolute atomic E-state index is 0.265. The van der Waals surface area contributed by atoms with Crippen molar-refractivity contribution in [3.63, 3.8) is 0 Å². The second kappa shape index (κ2) is 5.42. The first-order valence-corrected chi connectivity index (χ1v) is 7.05. The molecule has 0 fully saturated rings. The van der Waals surface area contributed by atoms with Gasteiger partial charge < -0.3 is 0 Å². The Bertz CT molecular complexity index is 960. The van der Waals surface area contributed by atoms with E-state index in [1.54, 1.807) is 6.92 Å². The monoisotopic (exact) mass is 338 g/mol. The highest BCUT2D eigenvalue weighted by Gasteiger charge is 2.30. The van der Waals surface area contributed by atoms with Crippen LogP contribution in [0.25, 0.3) is 16.6 Å². The van der Waals surface area contributed by atoms with Crippen LogP contribution >= 0.6 is 12.2 Å². The molecule has 0 aliphatic heterocycles. The summed E-state index contributed by atoms with van der Waals surface area (Å²) in [5, 5.41) is 0.504. The third-order valence-corrected chi connectivity index (χ3v) is 3.83. The number of rotatable bonds is 1. The molecule has 2 nitrogen and oxygen atoms in total. The van der Waals surface area contributed by atoms with Crippen LogP contribution in [0.15, 0.2) is 42.5 Å². The second-order valence-corrected chi connectivity index (χ2v) is 5.40. The molecule has 3 rings (SSSR count). The minimum atomic E-state index is -4.44. The van der Waals surface area contributed by atoms with Gasteiger partial charge in [0.1, 0.15) is 16.3 Å². The van der Waals surface area contributed by atoms with Gasteiger partial charge in [-0.1, -0.05) is 18.3 Å². The van der Waals surface area contributed by atoms with Crippen LogP contribution in [0.3, 0.4) is 0 Å². The molecule has 0 saturated heterocycles. The highest BCUT2D eigenvalue weighted by atomic mass is 32.1. The van der Waals surface area contributed by atoms with E-state index < -0.39 is 17.6 Å². The summed E-state index contributed by atoms with van der Waals surface area (Å²) in [7, 11) is 0. The van der Waals surface area contributed by atoms with E-state index in [-0.39, 0.29) is 10.3 Å². The topological polar surface area (TPSA) is 17.8 Å². The first-order valence-electron chi connectivity index (χ1n) is 6.64. The van der Waals surface area contributed by atoms with Crippen LogP contribution in [0, 0.1) is 17.4 Å². The minimum Gasteiger partial charge on any atom is -0.289 e. The van der Waals surface area contributed by atoms with Gasteiger partial charge >= 0.3 is 6.18 Å². The van der Waals surface area contributed by atoms with Gasteiger partial charge in [0.05, 0.1) is 11.1 Å². The number of hydrogen-bond acceptors (Lipinski definition) is 2. The van der Waals surface area contributed by atoms with Crippen LogP contribution in [0.5, 0.6) is 0 Å². The summed E-state index contributed by atoms with van der Waals surface area (Å²) >= 11 is 5.36. The van der Waals surface area contributed by atoms with E-state index in [1.165, 1.54) is 34.9 Å². The van der Waals surface area contributed by atoms with Crippen molar-refractivity contribution in [1.29, 1.82) is 0 Å². The van der Waals surface area contributed by atoms with Gasteiger partial charge in [-0.15, -0.1) is 0 Å². The molecule has 0 amide bonds. The molecule has 0 saturated carbocycles. The molecule has 0 bridgehead atoms. The number of hydrogen-bond donors (Lipinski definition) is 0. The van der Waals surface area contributed by atoms with E-state index in [2.05, 4.69) is 4.98 Å². The maximum Gasteiger partial charge on any atom is 0.416 e. The van der Waals surface area contributed by atoms with Crippen molar-refractivity contribution in [3.05, 3.63) is 64.3 Å². The molecular weight excluding hydrogens is 328 g/mol. The third-order valence-electron chi connectivity index (χ3n) is 3.43. The van der Waals surface area contributed by atoms with E-state index in [9.17, 15) is 17.6 Å². The number of halogens is 4. The van der Waals surface area contributed by atoms with Crippen LogP contribution in [0.4, 0.5) is 17.6 Å². The summed E-state index contributed by atoms with van der Waals surface area (Å²) in [4.78, 5) is 4.24. The zero-order chi connectivity index (χ0) is 16.8. The Hall–Kier alpha value is -2.28. The standard InChI is InChI=1S/C16H10F4N2S/c1-9-21-14-8-11(17)5-6-13(14)15(23)22(9)12-4-2-3-10(7-12)16(18,19)20/h2-8H,1H3. The molecule has 3 aromatic rings. The lowest BCUT2D eigenvalue weighted by molar-refractivity contribution is -0.137. The second-order valence-electron chi connectivity index (χ2n) is 5.01. The van der Waals surface area contributed by atoms with Gasteiger partial charge in [-0.25, -0.2) is 9.37 Å². The van der Waals surface area contributed by atoms with Crippen molar-refractivity contribution in [2.24, 2.45) is 0 Å². The average Bonchev–Trinajstić information content (AvgIpc) is 2.46. The van der Waals surface area contributed by atoms with Gasteiger partial charge in [0.25, 0.3) is 0 Å². The van der Waals surface area contributed by atoms with Crippen LogP contribution in [-0.4, -0.2) is 9.55 Å². The molecule has 0 radical (unpaired) electrons. The summed E-state index contributed by atoms with van der Waals surface area (Å²) in [5.41, 5.74) is -0.132. The molecule has 2 aromatic carbocycles. The fraction of sp³-hybridized carbons (Fsp3) is 0.125. The van der Waals surface area contributed by atoms with Crippen molar-refractivity contribution in [1.82, 2.24) is 9.55 Å². The van der Waals surface area contributed by atoms with Crippen LogP contribution in [-0.2, 0) is 6.18 Å². The van der Waals surface area contributed by atoms with Crippen LogP contribution in [0.1, 0.15) is 11.4 Å². The number of aromatic nitrogens is 2. The quantitative estimate of drug-likeness (QED) is 0.447. The zero-order valence-corrected chi connectivity index (χ0v) is 12.7. The molecule has 0 atom stereocenters. The lowest BCUT2D eigenvalue weighted by atomic mass is 10.2. The Balaban J connectivity index is 2.29. The van der Waals surface area contributed by atoms with E-state index in [1.807, 2.05) is 0 Å². The van der Waals surface area contributed by atoms with Gasteiger partial charge in [0, 0.05) is 17.1 Å². The average molecular weight is 338 g/mol. The highest BCUT2D eigenvalue weighted by molar-refractivity contribution is 7.71. The number of benzene rings is 2. The fourth-order valence-electron chi connectivity index (χ4n) is 2.40. The molecule has 1 heterocycles. The number of nitrogens with zero attached hydrogens (tertiary/aromatic N) is 2. The summed E-state index contributed by atoms with van der Waals surface area (Å²) < 4.78 is 53.7. The zero-order valence-electron chi connectivity index (χ0n) is 11.9. The van der Waals surface area contributed by atoms with Gasteiger partial charge in [-0.2, -0.15) is 13.2 Å². The van der Waals surface area contributed by atoms with Crippen molar-refractivity contribution >= 4 is 23.1 Å². The lowest BCUT2D eigenvalue weighted by Crippen LogP contribution is -2.09. The predicted molar refractivity (Wildman–Crippen MR) is 81.6 cm³/mol. The largest absolute Gasteiger partial charge is 0.416 e. The Morgan fingerprint density at radius 3 is 2.52 bits per heavy atom. The number of fused-ring (bicyclic) bond motifs is 1. The summed E-state index contributed by atoms with van der Waals surface area (Å²) in [6.07, 6.45) is -4.44. The molecule has 118 valence electrons. The maximum atomic E-state index is 13.3. The SMILES string of the molecule is Cc1nc2cc(F)ccc2c(=S)n1-c1cccc(C(F)(F)F)c1. The molecule has 0 aliphatic rings. The molecule has 7 heteroatoms. The van der Waals surface area contributed by atoms with Crippen molar-refractivity contribution < 1.29 is 17.6 Å². The van der Waals surface area contributed by atoms with Gasteiger partial charge in [0.15, 0.2) is 0 Å². The molecule has 0 spiro atoms. The normalized spacial score (nSPS) is 11.9. The van der Waals surface area contributed by atoms with Crippen molar-refractivity contribution in [2.45, 2.75) is 13.1 Å². The first kappa shape index (κ1) is 15.6. The summed E-state index contributed by atoms with van der Waals surface area (Å²) in [6, 6.07) is 8.80. The summed E-state index contributed by atoms with van der Waals surface area (Å²) in [5.74, 6) is -0.0666. The molecule has 1 aromatic heterocycles. The summed E-state index contributed by atoms with van der Waals surface area (Å²) in [6.45, 7) is 1.61. The van der Waals surface area contributed by atoms with Gasteiger partial charge in [-0.05, 0) is 37.3 Å². The Morgan fingerprint density at radius 1 is 1.09 bits per heavy atom. The number of aryl methyl sites for hydroxylation is 1. The van der Waals surface area contributed by atoms with Gasteiger partial charge in [0.2, 0.25) is 0 Å². The van der Waals surface area contributed by atoms with Crippen LogP contribution < -0.4 is 0 Å². The molecular formula is C16H10F4N2S. The Kier molecular flexibility index (Phi) is 3.68. The smallest absolute Gasteiger partial charge is 0.289 e. The number of alkyl halides is 3. The fourth-order valence-corrected chi connectivity index (χ4v) is 2.81. The Labute approximate surface area is 134 Å². The third kappa shape index (κ3) is 2.84. The molecule has 0 unspecified atom stereocenters. The predicted octanol–water partition coefficient (Wildman–Crippen LogP) is 5.22. The molecule has 0 N–H and O–H groups in total.